The number of anilines is 1. The van der Waals surface area contributed by atoms with Crippen LogP contribution in [0.3, 0.4) is 0 Å². The Morgan fingerprint density at radius 3 is 2.11 bits per heavy atom. The molecule has 0 aromatic heterocycles. The smallest absolute Gasteiger partial charge is 0.264 e. The number of hydrogen-bond donors (Lipinski definition) is 1. The van der Waals surface area contributed by atoms with Gasteiger partial charge in [0.15, 0.2) is 0 Å². The van der Waals surface area contributed by atoms with Crippen LogP contribution in [0.2, 0.25) is 0 Å². The largest absolute Gasteiger partial charge is 0.352 e. The van der Waals surface area contributed by atoms with E-state index in [0.717, 1.165) is 14.3 Å². The first kappa shape index (κ1) is 21.4. The molecule has 27 heavy (non-hydrogen) atoms. The zero-order chi connectivity index (χ0) is 20.2. The van der Waals surface area contributed by atoms with Crippen LogP contribution < -0.4 is 9.62 Å². The molecule has 2 aromatic carbocycles. The van der Waals surface area contributed by atoms with Gasteiger partial charge in [-0.3, -0.25) is 9.10 Å². The Labute approximate surface area is 170 Å². The van der Waals surface area contributed by atoms with Crippen LogP contribution in [0, 0.1) is 12.8 Å². The van der Waals surface area contributed by atoms with Gasteiger partial charge < -0.3 is 5.32 Å². The topological polar surface area (TPSA) is 66.5 Å². The van der Waals surface area contributed by atoms with Gasteiger partial charge in [0.2, 0.25) is 5.91 Å². The number of nitrogens with zero attached hydrogens (tertiary/aromatic N) is 1. The fraction of sp³-hybridized carbons (Fsp3) is 0.350. The summed E-state index contributed by atoms with van der Waals surface area (Å²) in [7, 11) is -3.88. The molecule has 5 nitrogen and oxygen atoms in total. The van der Waals surface area contributed by atoms with E-state index in [1.54, 1.807) is 48.5 Å². The van der Waals surface area contributed by atoms with Gasteiger partial charge in [0, 0.05) is 10.5 Å². The molecule has 0 aliphatic carbocycles. The Morgan fingerprint density at radius 2 is 1.59 bits per heavy atom. The van der Waals surface area contributed by atoms with Crippen LogP contribution in [0.5, 0.6) is 0 Å². The molecule has 0 heterocycles. The fourth-order valence-corrected chi connectivity index (χ4v) is 4.04. The highest BCUT2D eigenvalue weighted by molar-refractivity contribution is 9.10. The molecular formula is C20H25BrN2O3S. The van der Waals surface area contributed by atoms with Crippen LogP contribution >= 0.6 is 15.9 Å². The molecule has 2 rings (SSSR count). The number of amides is 1. The summed E-state index contributed by atoms with van der Waals surface area (Å²) in [6, 6.07) is 13.4. The molecule has 7 heteroatoms. The number of carbonyl (C=O) groups is 1. The second-order valence-electron chi connectivity index (χ2n) is 6.90. The van der Waals surface area contributed by atoms with Crippen molar-refractivity contribution in [2.75, 3.05) is 10.8 Å². The standard InChI is InChI=1S/C20H25BrN2O3S/c1-14(2)16(4)22-20(24)13-23(18-9-7-17(21)8-10-18)27(25,26)19-11-5-15(3)6-12-19/h5-12,14,16H,13H2,1-4H3,(H,22,24). The highest BCUT2D eigenvalue weighted by Gasteiger charge is 2.27. The number of aryl methyl sites for hydroxylation is 1. The molecule has 0 bridgehead atoms. The maximum Gasteiger partial charge on any atom is 0.264 e. The number of carbonyl (C=O) groups excluding carboxylic acids is 1. The van der Waals surface area contributed by atoms with Crippen molar-refractivity contribution in [3.8, 4) is 0 Å². The minimum Gasteiger partial charge on any atom is -0.352 e. The summed E-state index contributed by atoms with van der Waals surface area (Å²) in [6.45, 7) is 7.51. The third-order valence-electron chi connectivity index (χ3n) is 4.40. The molecule has 0 aliphatic heterocycles. The predicted octanol–water partition coefficient (Wildman–Crippen LogP) is 4.11. The molecule has 1 atom stereocenters. The zero-order valence-electron chi connectivity index (χ0n) is 15.9. The van der Waals surface area contributed by atoms with Gasteiger partial charge in [0.25, 0.3) is 10.0 Å². The quantitative estimate of drug-likeness (QED) is 0.686. The van der Waals surface area contributed by atoms with Crippen molar-refractivity contribution in [1.82, 2.24) is 5.32 Å². The summed E-state index contributed by atoms with van der Waals surface area (Å²) in [6.07, 6.45) is 0. The normalized spacial score (nSPS) is 12.7. The van der Waals surface area contributed by atoms with Crippen molar-refractivity contribution in [3.05, 3.63) is 58.6 Å². The second kappa shape index (κ2) is 8.89. The lowest BCUT2D eigenvalue weighted by Crippen LogP contribution is -2.45. The van der Waals surface area contributed by atoms with E-state index in [2.05, 4.69) is 21.2 Å². The number of hydrogen-bond acceptors (Lipinski definition) is 3. The maximum atomic E-state index is 13.2. The summed E-state index contributed by atoms with van der Waals surface area (Å²) in [5.41, 5.74) is 1.40. The van der Waals surface area contributed by atoms with Crippen LogP contribution in [0.15, 0.2) is 57.9 Å². The molecule has 146 valence electrons. The van der Waals surface area contributed by atoms with Crippen molar-refractivity contribution < 1.29 is 13.2 Å². The van der Waals surface area contributed by atoms with Crippen molar-refractivity contribution in [2.24, 2.45) is 5.92 Å². The van der Waals surface area contributed by atoms with E-state index in [4.69, 9.17) is 0 Å². The van der Waals surface area contributed by atoms with Gasteiger partial charge >= 0.3 is 0 Å². The number of nitrogens with one attached hydrogen (secondary N) is 1. The Hall–Kier alpha value is -1.86. The molecule has 1 amide bonds. The molecule has 1 unspecified atom stereocenters. The second-order valence-corrected chi connectivity index (χ2v) is 9.68. The number of benzene rings is 2. The van der Waals surface area contributed by atoms with E-state index >= 15 is 0 Å². The van der Waals surface area contributed by atoms with Gasteiger partial charge in [0.1, 0.15) is 6.54 Å². The van der Waals surface area contributed by atoms with Crippen LogP contribution in [-0.4, -0.2) is 26.9 Å². The van der Waals surface area contributed by atoms with Gasteiger partial charge in [-0.05, 0) is 56.2 Å². The molecule has 2 aromatic rings. The predicted molar refractivity (Wildman–Crippen MR) is 112 cm³/mol. The van der Waals surface area contributed by atoms with Crippen LogP contribution in [0.1, 0.15) is 26.3 Å². The number of halogens is 1. The van der Waals surface area contributed by atoms with Gasteiger partial charge in [-0.15, -0.1) is 0 Å². The lowest BCUT2D eigenvalue weighted by molar-refractivity contribution is -0.120. The van der Waals surface area contributed by atoms with Crippen molar-refractivity contribution >= 4 is 37.5 Å². The van der Waals surface area contributed by atoms with Gasteiger partial charge in [-0.2, -0.15) is 0 Å². The monoisotopic (exact) mass is 452 g/mol. The van der Waals surface area contributed by atoms with Crippen molar-refractivity contribution in [3.63, 3.8) is 0 Å². The van der Waals surface area contributed by atoms with E-state index in [0.29, 0.717) is 5.69 Å². The average molecular weight is 453 g/mol. The summed E-state index contributed by atoms with van der Waals surface area (Å²) >= 11 is 3.35. The minimum atomic E-state index is -3.88. The van der Waals surface area contributed by atoms with Gasteiger partial charge in [-0.25, -0.2) is 8.42 Å². The SMILES string of the molecule is Cc1ccc(S(=O)(=O)N(CC(=O)NC(C)C(C)C)c2ccc(Br)cc2)cc1. The third kappa shape index (κ3) is 5.56. The highest BCUT2D eigenvalue weighted by atomic mass is 79.9. The lowest BCUT2D eigenvalue weighted by Gasteiger charge is -2.26. The summed E-state index contributed by atoms with van der Waals surface area (Å²) in [5, 5.41) is 2.87. The third-order valence-corrected chi connectivity index (χ3v) is 6.72. The van der Waals surface area contributed by atoms with Crippen LogP contribution in [-0.2, 0) is 14.8 Å². The van der Waals surface area contributed by atoms with Gasteiger partial charge in [0.05, 0.1) is 10.6 Å². The maximum absolute atomic E-state index is 13.2. The first-order valence-electron chi connectivity index (χ1n) is 8.75. The Morgan fingerprint density at radius 1 is 1.04 bits per heavy atom. The van der Waals surface area contributed by atoms with Crippen LogP contribution in [0.25, 0.3) is 0 Å². The number of rotatable bonds is 7. The molecular weight excluding hydrogens is 428 g/mol. The Kier molecular flexibility index (Phi) is 7.06. The van der Waals surface area contributed by atoms with E-state index in [-0.39, 0.29) is 29.3 Å². The summed E-state index contributed by atoms with van der Waals surface area (Å²) in [5.74, 6) is -0.0846. The number of sulfonamides is 1. The summed E-state index contributed by atoms with van der Waals surface area (Å²) in [4.78, 5) is 12.7. The lowest BCUT2D eigenvalue weighted by atomic mass is 10.1. The Bertz CT molecular complexity index is 878. The first-order valence-corrected chi connectivity index (χ1v) is 11.0. The summed E-state index contributed by atoms with van der Waals surface area (Å²) < 4.78 is 28.4. The van der Waals surface area contributed by atoms with E-state index in [1.807, 2.05) is 27.7 Å². The molecule has 0 saturated heterocycles. The van der Waals surface area contributed by atoms with E-state index < -0.39 is 10.0 Å². The molecule has 0 radical (unpaired) electrons. The van der Waals surface area contributed by atoms with Crippen molar-refractivity contribution in [2.45, 2.75) is 38.6 Å². The fourth-order valence-electron chi connectivity index (χ4n) is 2.36. The minimum absolute atomic E-state index is 0.0497. The van der Waals surface area contributed by atoms with Gasteiger partial charge in [-0.1, -0.05) is 47.5 Å². The molecule has 0 spiro atoms. The molecule has 1 N–H and O–H groups in total. The molecule has 0 saturated carbocycles. The zero-order valence-corrected chi connectivity index (χ0v) is 18.3. The average Bonchev–Trinajstić information content (AvgIpc) is 2.60. The van der Waals surface area contributed by atoms with Crippen molar-refractivity contribution in [1.29, 1.82) is 0 Å². The molecule has 0 fully saturated rings. The van der Waals surface area contributed by atoms with Crippen LogP contribution in [0.4, 0.5) is 5.69 Å². The molecule has 0 aliphatic rings. The Balaban J connectivity index is 2.39. The first-order chi connectivity index (χ1) is 12.6. The van der Waals surface area contributed by atoms with E-state index in [1.165, 1.54) is 0 Å². The highest BCUT2D eigenvalue weighted by Crippen LogP contribution is 2.25. The van der Waals surface area contributed by atoms with E-state index in [9.17, 15) is 13.2 Å².